The second-order valence-corrected chi connectivity index (χ2v) is 1.45. The van der Waals surface area contributed by atoms with E-state index in [2.05, 4.69) is 9.99 Å². The molecule has 0 saturated heterocycles. The SMILES string of the molecule is CC(C)=O.CC=NOC.[Y]. The van der Waals surface area contributed by atoms with E-state index in [9.17, 15) is 4.79 Å². The number of hydrogen-bond acceptors (Lipinski definition) is 3. The van der Waals surface area contributed by atoms with Gasteiger partial charge in [0.05, 0.1) is 0 Å². The maximum Gasteiger partial charge on any atom is 0.126 e. The van der Waals surface area contributed by atoms with E-state index in [-0.39, 0.29) is 38.5 Å². The number of Topliss-reactive ketones (excluding diaryl/α,β-unsaturated/α-hetero) is 1. The number of hydrogen-bond donors (Lipinski definition) is 0. The third-order valence-electron chi connectivity index (χ3n) is 0.211. The van der Waals surface area contributed by atoms with Crippen LogP contribution in [0.25, 0.3) is 0 Å². The van der Waals surface area contributed by atoms with Gasteiger partial charge in [-0.15, -0.1) is 5.16 Å². The molecule has 0 aliphatic carbocycles. The summed E-state index contributed by atoms with van der Waals surface area (Å²) in [6.07, 6.45) is 1.58. The normalized spacial score (nSPS) is 7.20. The van der Waals surface area contributed by atoms with Gasteiger partial charge in [0.1, 0.15) is 12.9 Å². The largest absolute Gasteiger partial charge is 0.399 e. The minimum atomic E-state index is 0. The topological polar surface area (TPSA) is 38.7 Å². The summed E-state index contributed by atoms with van der Waals surface area (Å²) in [6.45, 7) is 4.85. The maximum atomic E-state index is 9.44. The maximum absolute atomic E-state index is 9.44. The van der Waals surface area contributed by atoms with Gasteiger partial charge in [0.25, 0.3) is 0 Å². The van der Waals surface area contributed by atoms with Gasteiger partial charge in [0, 0.05) is 38.9 Å². The van der Waals surface area contributed by atoms with Crippen LogP contribution in [0.1, 0.15) is 20.8 Å². The predicted octanol–water partition coefficient (Wildman–Crippen LogP) is 1.23. The third kappa shape index (κ3) is 85.9. The Morgan fingerprint density at radius 2 is 1.80 bits per heavy atom. The van der Waals surface area contributed by atoms with E-state index in [0.29, 0.717) is 0 Å². The molecule has 0 heterocycles. The molecule has 0 N–H and O–H groups in total. The van der Waals surface area contributed by atoms with Crippen LogP contribution in [-0.4, -0.2) is 19.1 Å². The molecule has 0 rings (SSSR count). The van der Waals surface area contributed by atoms with Crippen LogP contribution >= 0.6 is 0 Å². The zero-order valence-electron chi connectivity index (χ0n) is 6.92. The molecule has 0 atom stereocenters. The van der Waals surface area contributed by atoms with Crippen molar-refractivity contribution in [3.05, 3.63) is 0 Å². The van der Waals surface area contributed by atoms with Gasteiger partial charge < -0.3 is 9.63 Å². The van der Waals surface area contributed by atoms with Crippen molar-refractivity contribution in [1.82, 2.24) is 0 Å². The van der Waals surface area contributed by atoms with Crippen molar-refractivity contribution in [2.75, 3.05) is 7.11 Å². The molecule has 0 bridgehead atoms. The number of nitrogens with zero attached hydrogens (tertiary/aromatic N) is 1. The second-order valence-electron chi connectivity index (χ2n) is 1.45. The summed E-state index contributed by atoms with van der Waals surface area (Å²) < 4.78 is 0. The molecule has 0 unspecified atom stereocenters. The van der Waals surface area contributed by atoms with Crippen LogP contribution in [0.3, 0.4) is 0 Å². The summed E-state index contributed by atoms with van der Waals surface area (Å²) in [7, 11) is 1.51. The average Bonchev–Trinajstić information content (AvgIpc) is 1.66. The molecule has 0 aliphatic rings. The number of ketones is 1. The Bertz CT molecular complexity index is 89.7. The van der Waals surface area contributed by atoms with Crippen molar-refractivity contribution in [3.8, 4) is 0 Å². The van der Waals surface area contributed by atoms with E-state index in [1.54, 1.807) is 13.1 Å². The molecule has 0 aromatic heterocycles. The van der Waals surface area contributed by atoms with Crippen molar-refractivity contribution in [2.45, 2.75) is 20.8 Å². The fourth-order valence-corrected chi connectivity index (χ4v) is 0.105. The van der Waals surface area contributed by atoms with Gasteiger partial charge in [-0.3, -0.25) is 0 Å². The van der Waals surface area contributed by atoms with Crippen molar-refractivity contribution < 1.29 is 42.3 Å². The van der Waals surface area contributed by atoms with Crippen molar-refractivity contribution in [1.29, 1.82) is 0 Å². The summed E-state index contributed by atoms with van der Waals surface area (Å²) >= 11 is 0. The van der Waals surface area contributed by atoms with E-state index in [0.717, 1.165) is 0 Å². The van der Waals surface area contributed by atoms with Gasteiger partial charge in [-0.25, -0.2) is 0 Å². The first kappa shape index (κ1) is 16.7. The third-order valence-corrected chi connectivity index (χ3v) is 0.211. The van der Waals surface area contributed by atoms with E-state index < -0.39 is 0 Å². The van der Waals surface area contributed by atoms with E-state index in [1.165, 1.54) is 21.0 Å². The van der Waals surface area contributed by atoms with E-state index in [4.69, 9.17) is 0 Å². The number of rotatable bonds is 1. The number of oxime groups is 1. The minimum absolute atomic E-state index is 0. The first-order valence-corrected chi connectivity index (χ1v) is 2.63. The van der Waals surface area contributed by atoms with Crippen molar-refractivity contribution >= 4 is 12.0 Å². The first-order chi connectivity index (χ1) is 4.15. The molecule has 0 spiro atoms. The van der Waals surface area contributed by atoms with Gasteiger partial charge in [0.15, 0.2) is 0 Å². The Balaban J connectivity index is -0.0000000910. The molecular formula is C6H13NO2Y. The summed E-state index contributed by atoms with van der Waals surface area (Å²) in [5.41, 5.74) is 0. The molecular weight excluding hydrogens is 207 g/mol. The van der Waals surface area contributed by atoms with Gasteiger partial charge in [-0.1, -0.05) is 0 Å². The van der Waals surface area contributed by atoms with Gasteiger partial charge in [-0.05, 0) is 20.8 Å². The standard InChI is InChI=1S/C3H7NO.C3H6O.Y/c1-3-4-5-2;1-3(2)4;/h3H,1-2H3;1-2H3;. The van der Waals surface area contributed by atoms with E-state index >= 15 is 0 Å². The molecule has 57 valence electrons. The molecule has 3 nitrogen and oxygen atoms in total. The summed E-state index contributed by atoms with van der Waals surface area (Å²) in [6, 6.07) is 0. The van der Waals surface area contributed by atoms with Crippen LogP contribution < -0.4 is 0 Å². The van der Waals surface area contributed by atoms with Crippen LogP contribution in [0, 0.1) is 0 Å². The van der Waals surface area contributed by atoms with Gasteiger partial charge in [-0.2, -0.15) is 0 Å². The summed E-state index contributed by atoms with van der Waals surface area (Å²) in [4.78, 5) is 13.7. The number of carbonyl (C=O) groups excluding carboxylic acids is 1. The van der Waals surface area contributed by atoms with Gasteiger partial charge in [0.2, 0.25) is 0 Å². The average molecular weight is 220 g/mol. The first-order valence-electron chi connectivity index (χ1n) is 2.63. The Morgan fingerprint density at radius 3 is 1.80 bits per heavy atom. The molecule has 0 amide bonds. The number of carbonyl (C=O) groups is 1. The van der Waals surface area contributed by atoms with Crippen LogP contribution in [0.4, 0.5) is 0 Å². The van der Waals surface area contributed by atoms with Crippen molar-refractivity contribution in [3.63, 3.8) is 0 Å². The summed E-state index contributed by atoms with van der Waals surface area (Å²) in [5.74, 6) is 0.167. The molecule has 10 heavy (non-hydrogen) atoms. The second kappa shape index (κ2) is 16.1. The minimum Gasteiger partial charge on any atom is -0.399 e. The van der Waals surface area contributed by atoms with Crippen LogP contribution in [0.15, 0.2) is 5.16 Å². The van der Waals surface area contributed by atoms with Crippen LogP contribution in [0.2, 0.25) is 0 Å². The Hall–Kier alpha value is 0.244. The summed E-state index contributed by atoms with van der Waals surface area (Å²) in [5, 5.41) is 3.35. The van der Waals surface area contributed by atoms with Crippen molar-refractivity contribution in [2.24, 2.45) is 5.16 Å². The molecule has 0 aromatic carbocycles. The Labute approximate surface area is 87.1 Å². The van der Waals surface area contributed by atoms with Crippen LogP contribution in [0.5, 0.6) is 0 Å². The smallest absolute Gasteiger partial charge is 0.126 e. The molecule has 0 saturated carbocycles. The quantitative estimate of drug-likeness (QED) is 0.492. The van der Waals surface area contributed by atoms with Crippen LogP contribution in [-0.2, 0) is 42.3 Å². The molecule has 4 heteroatoms. The molecule has 0 fully saturated rings. The van der Waals surface area contributed by atoms with E-state index in [1.807, 2.05) is 0 Å². The monoisotopic (exact) mass is 220 g/mol. The molecule has 0 aromatic rings. The fourth-order valence-electron chi connectivity index (χ4n) is 0.105. The molecule has 0 aliphatic heterocycles. The fraction of sp³-hybridized carbons (Fsp3) is 0.667. The van der Waals surface area contributed by atoms with Gasteiger partial charge >= 0.3 is 0 Å². The molecule has 1 radical (unpaired) electrons. The zero-order chi connectivity index (χ0) is 7.70. The Morgan fingerprint density at radius 1 is 1.50 bits per heavy atom. The predicted molar refractivity (Wildman–Crippen MR) is 37.5 cm³/mol. The Kier molecular flexibility index (Phi) is 26.9. The zero-order valence-corrected chi connectivity index (χ0v) is 9.76.